The molecule has 1 aliphatic heterocycles. The Kier molecular flexibility index (Phi) is 7.87. The maximum absolute atomic E-state index is 12.4. The van der Waals surface area contributed by atoms with E-state index in [1.807, 2.05) is 42.5 Å². The van der Waals surface area contributed by atoms with E-state index in [4.69, 9.17) is 9.15 Å². The highest BCUT2D eigenvalue weighted by atomic mass is 16.5. The van der Waals surface area contributed by atoms with E-state index in [0.717, 1.165) is 44.1 Å². The third kappa shape index (κ3) is 6.29. The van der Waals surface area contributed by atoms with E-state index in [1.165, 1.54) is 11.3 Å². The van der Waals surface area contributed by atoms with Crippen molar-refractivity contribution >= 4 is 11.7 Å². The molecule has 1 saturated heterocycles. The second kappa shape index (κ2) is 11.4. The molecule has 0 saturated carbocycles. The maximum Gasteiger partial charge on any atom is 0.314 e. The molecule has 0 spiro atoms. The summed E-state index contributed by atoms with van der Waals surface area (Å²) in [6, 6.07) is 22.1. The summed E-state index contributed by atoms with van der Waals surface area (Å²) in [5, 5.41) is 5.99. The summed E-state index contributed by atoms with van der Waals surface area (Å²) in [5.74, 6) is 1.74. The van der Waals surface area contributed by atoms with Crippen molar-refractivity contribution in [2.45, 2.75) is 12.5 Å². The van der Waals surface area contributed by atoms with Gasteiger partial charge in [-0.15, -0.1) is 0 Å². The van der Waals surface area contributed by atoms with Crippen LogP contribution in [-0.2, 0) is 6.42 Å². The van der Waals surface area contributed by atoms with Gasteiger partial charge in [0.15, 0.2) is 0 Å². The number of piperazine rings is 1. The number of carbonyl (C=O) groups is 1. The fourth-order valence-corrected chi connectivity index (χ4v) is 4.19. The van der Waals surface area contributed by atoms with E-state index in [9.17, 15) is 4.79 Å². The second-order valence-electron chi connectivity index (χ2n) is 8.12. The van der Waals surface area contributed by atoms with Crippen LogP contribution in [0.1, 0.15) is 17.4 Å². The number of methoxy groups -OCH3 is 1. The van der Waals surface area contributed by atoms with Crippen LogP contribution < -0.4 is 20.3 Å². The van der Waals surface area contributed by atoms with Crippen LogP contribution in [0.15, 0.2) is 77.4 Å². The molecular weight excluding hydrogens is 416 g/mol. The molecule has 0 aliphatic carbocycles. The highest BCUT2D eigenvalue weighted by molar-refractivity contribution is 5.73. The SMILES string of the molecule is COc1ccc(N2CCN(C(CNC(=O)NCCc3ccccc3)c3ccco3)CC2)cc1. The lowest BCUT2D eigenvalue weighted by Gasteiger charge is -2.39. The second-order valence-corrected chi connectivity index (χ2v) is 8.12. The fraction of sp³-hybridized carbons (Fsp3) is 0.346. The number of carbonyl (C=O) groups excluding carboxylic acids is 1. The van der Waals surface area contributed by atoms with Crippen LogP contribution in [0.3, 0.4) is 0 Å². The Hall–Kier alpha value is -3.45. The van der Waals surface area contributed by atoms with E-state index in [1.54, 1.807) is 13.4 Å². The molecule has 1 fully saturated rings. The zero-order valence-corrected chi connectivity index (χ0v) is 19.1. The first-order valence-electron chi connectivity index (χ1n) is 11.4. The first-order chi connectivity index (χ1) is 16.2. The summed E-state index contributed by atoms with van der Waals surface area (Å²) in [6.07, 6.45) is 2.50. The Balaban J connectivity index is 1.28. The number of amides is 2. The minimum atomic E-state index is -0.153. The number of hydrogen-bond donors (Lipinski definition) is 2. The van der Waals surface area contributed by atoms with Crippen molar-refractivity contribution in [3.05, 3.63) is 84.3 Å². The maximum atomic E-state index is 12.4. The molecule has 1 atom stereocenters. The van der Waals surface area contributed by atoms with Crippen LogP contribution in [0.4, 0.5) is 10.5 Å². The molecule has 2 amide bonds. The highest BCUT2D eigenvalue weighted by Gasteiger charge is 2.27. The highest BCUT2D eigenvalue weighted by Crippen LogP contribution is 2.25. The van der Waals surface area contributed by atoms with Gasteiger partial charge in [0, 0.05) is 45.0 Å². The quantitative estimate of drug-likeness (QED) is 0.523. The average molecular weight is 449 g/mol. The Morgan fingerprint density at radius 1 is 0.970 bits per heavy atom. The molecule has 3 aromatic rings. The van der Waals surface area contributed by atoms with E-state index in [-0.39, 0.29) is 12.1 Å². The Bertz CT molecular complexity index is 969. The summed E-state index contributed by atoms with van der Waals surface area (Å²) in [5.41, 5.74) is 2.40. The summed E-state index contributed by atoms with van der Waals surface area (Å²) < 4.78 is 11.0. The van der Waals surface area contributed by atoms with Gasteiger partial charge in [-0.25, -0.2) is 4.79 Å². The zero-order chi connectivity index (χ0) is 22.9. The minimum Gasteiger partial charge on any atom is -0.497 e. The topological polar surface area (TPSA) is 70.0 Å². The van der Waals surface area contributed by atoms with E-state index in [2.05, 4.69) is 44.7 Å². The predicted molar refractivity (Wildman–Crippen MR) is 130 cm³/mol. The standard InChI is InChI=1S/C26H32N4O3/c1-32-23-11-9-22(10-12-23)29-15-17-30(18-16-29)24(25-8-5-19-33-25)20-28-26(31)27-14-13-21-6-3-2-4-7-21/h2-12,19,24H,13-18,20H2,1H3,(H2,27,28,31). The summed E-state index contributed by atoms with van der Waals surface area (Å²) >= 11 is 0. The molecule has 2 aromatic carbocycles. The molecule has 174 valence electrons. The van der Waals surface area contributed by atoms with Crippen LogP contribution >= 0.6 is 0 Å². The molecule has 33 heavy (non-hydrogen) atoms. The molecule has 7 nitrogen and oxygen atoms in total. The van der Waals surface area contributed by atoms with Gasteiger partial charge in [-0.3, -0.25) is 4.90 Å². The number of anilines is 1. The van der Waals surface area contributed by atoms with Gasteiger partial charge in [-0.05, 0) is 48.4 Å². The van der Waals surface area contributed by atoms with Gasteiger partial charge in [-0.1, -0.05) is 30.3 Å². The summed E-state index contributed by atoms with van der Waals surface area (Å²) in [4.78, 5) is 17.1. The van der Waals surface area contributed by atoms with Gasteiger partial charge in [0.2, 0.25) is 0 Å². The van der Waals surface area contributed by atoms with E-state index >= 15 is 0 Å². The number of nitrogens with zero attached hydrogens (tertiary/aromatic N) is 2. The third-order valence-corrected chi connectivity index (χ3v) is 6.06. The molecule has 2 heterocycles. The lowest BCUT2D eigenvalue weighted by molar-refractivity contribution is 0.161. The van der Waals surface area contributed by atoms with Gasteiger partial charge >= 0.3 is 6.03 Å². The molecule has 2 N–H and O–H groups in total. The Labute approximate surface area is 195 Å². The van der Waals surface area contributed by atoms with Crippen LogP contribution in [0.25, 0.3) is 0 Å². The normalized spacial score (nSPS) is 15.1. The molecule has 0 radical (unpaired) electrons. The number of nitrogens with one attached hydrogen (secondary N) is 2. The van der Waals surface area contributed by atoms with E-state index in [0.29, 0.717) is 13.1 Å². The number of hydrogen-bond acceptors (Lipinski definition) is 5. The van der Waals surface area contributed by atoms with Crippen LogP contribution in [0, 0.1) is 0 Å². The molecular formula is C26H32N4O3. The van der Waals surface area contributed by atoms with Crippen molar-refractivity contribution in [3.8, 4) is 5.75 Å². The smallest absolute Gasteiger partial charge is 0.314 e. The van der Waals surface area contributed by atoms with Crippen molar-refractivity contribution in [2.24, 2.45) is 0 Å². The van der Waals surface area contributed by atoms with Crippen molar-refractivity contribution in [1.82, 2.24) is 15.5 Å². The van der Waals surface area contributed by atoms with Crippen LogP contribution in [0.5, 0.6) is 5.75 Å². The van der Waals surface area contributed by atoms with Crippen LogP contribution in [-0.4, -0.2) is 57.3 Å². The fourth-order valence-electron chi connectivity index (χ4n) is 4.19. The van der Waals surface area contributed by atoms with Crippen molar-refractivity contribution in [1.29, 1.82) is 0 Å². The molecule has 0 bridgehead atoms. The number of rotatable bonds is 9. The lowest BCUT2D eigenvalue weighted by Crippen LogP contribution is -2.50. The van der Waals surface area contributed by atoms with Gasteiger partial charge < -0.3 is 24.7 Å². The minimum absolute atomic E-state index is 0.00195. The summed E-state index contributed by atoms with van der Waals surface area (Å²) in [6.45, 7) is 4.68. The predicted octanol–water partition coefficient (Wildman–Crippen LogP) is 3.69. The monoisotopic (exact) mass is 448 g/mol. The Morgan fingerprint density at radius 3 is 2.39 bits per heavy atom. The van der Waals surface area contributed by atoms with Crippen molar-refractivity contribution in [3.63, 3.8) is 0 Å². The van der Waals surface area contributed by atoms with Crippen molar-refractivity contribution < 1.29 is 13.9 Å². The number of furan rings is 1. The van der Waals surface area contributed by atoms with Gasteiger partial charge in [0.1, 0.15) is 11.5 Å². The molecule has 1 unspecified atom stereocenters. The summed E-state index contributed by atoms with van der Waals surface area (Å²) in [7, 11) is 1.68. The Morgan fingerprint density at radius 2 is 1.73 bits per heavy atom. The third-order valence-electron chi connectivity index (χ3n) is 6.06. The molecule has 1 aliphatic rings. The van der Waals surface area contributed by atoms with Crippen LogP contribution in [0.2, 0.25) is 0 Å². The molecule has 1 aromatic heterocycles. The molecule has 7 heteroatoms. The molecule has 4 rings (SSSR count). The lowest BCUT2D eigenvalue weighted by atomic mass is 10.1. The number of benzene rings is 2. The van der Waals surface area contributed by atoms with Gasteiger partial charge in [-0.2, -0.15) is 0 Å². The first-order valence-corrected chi connectivity index (χ1v) is 11.4. The van der Waals surface area contributed by atoms with Crippen molar-refractivity contribution in [2.75, 3.05) is 51.3 Å². The van der Waals surface area contributed by atoms with E-state index < -0.39 is 0 Å². The van der Waals surface area contributed by atoms with Gasteiger partial charge in [0.05, 0.1) is 19.4 Å². The number of urea groups is 1. The first kappa shape index (κ1) is 22.7. The average Bonchev–Trinajstić information content (AvgIpc) is 3.40. The zero-order valence-electron chi connectivity index (χ0n) is 19.1. The number of ether oxygens (including phenoxy) is 1. The van der Waals surface area contributed by atoms with Gasteiger partial charge in [0.25, 0.3) is 0 Å². The largest absolute Gasteiger partial charge is 0.497 e.